The van der Waals surface area contributed by atoms with Crippen LogP contribution >= 0.6 is 0 Å². The molecule has 0 bridgehead atoms. The van der Waals surface area contributed by atoms with E-state index in [4.69, 9.17) is 0 Å². The summed E-state index contributed by atoms with van der Waals surface area (Å²) in [7, 11) is 0. The SMILES string of the molecule is CC(C)NC(=O)C1CCC(Nc2cc(NCC(C)(C)O)ncc2[N+](=O)[O-])CC1. The molecule has 1 fully saturated rings. The Bertz CT molecular complexity index is 694. The lowest BCUT2D eigenvalue weighted by atomic mass is 9.85. The number of carbonyl (C=O) groups is 1. The molecule has 156 valence electrons. The topological polar surface area (TPSA) is 129 Å². The highest BCUT2D eigenvalue weighted by atomic mass is 16.6. The first kappa shape index (κ1) is 21.9. The van der Waals surface area contributed by atoms with E-state index in [2.05, 4.69) is 20.9 Å². The number of nitrogens with zero attached hydrogens (tertiary/aromatic N) is 2. The van der Waals surface area contributed by atoms with Crippen molar-refractivity contribution in [3.8, 4) is 0 Å². The number of nitro groups is 1. The van der Waals surface area contributed by atoms with Gasteiger partial charge in [-0.15, -0.1) is 0 Å². The lowest BCUT2D eigenvalue weighted by Gasteiger charge is -2.29. The zero-order chi connectivity index (χ0) is 20.9. The van der Waals surface area contributed by atoms with E-state index in [0.717, 1.165) is 25.7 Å². The molecule has 0 aromatic carbocycles. The molecule has 1 amide bonds. The molecule has 0 spiro atoms. The number of anilines is 2. The number of rotatable bonds is 8. The van der Waals surface area contributed by atoms with E-state index < -0.39 is 10.5 Å². The zero-order valence-electron chi connectivity index (χ0n) is 17.0. The van der Waals surface area contributed by atoms with Crippen LogP contribution in [-0.2, 0) is 4.79 Å². The third-order valence-electron chi connectivity index (χ3n) is 4.67. The molecular formula is C19H31N5O4. The first-order valence-electron chi connectivity index (χ1n) is 9.73. The average Bonchev–Trinajstić information content (AvgIpc) is 2.59. The van der Waals surface area contributed by atoms with E-state index in [1.807, 2.05) is 13.8 Å². The highest BCUT2D eigenvalue weighted by molar-refractivity contribution is 5.79. The number of nitrogens with one attached hydrogen (secondary N) is 3. The summed E-state index contributed by atoms with van der Waals surface area (Å²) in [6, 6.07) is 1.78. The van der Waals surface area contributed by atoms with Gasteiger partial charge in [0.25, 0.3) is 0 Å². The number of pyridine rings is 1. The molecule has 1 aliphatic carbocycles. The quantitative estimate of drug-likeness (QED) is 0.395. The van der Waals surface area contributed by atoms with Gasteiger partial charge in [0.15, 0.2) is 0 Å². The molecule has 1 saturated carbocycles. The third kappa shape index (κ3) is 6.63. The lowest BCUT2D eigenvalue weighted by molar-refractivity contribution is -0.384. The van der Waals surface area contributed by atoms with Crippen molar-refractivity contribution in [1.82, 2.24) is 10.3 Å². The number of amides is 1. The van der Waals surface area contributed by atoms with Crippen LogP contribution in [-0.4, -0.2) is 45.2 Å². The second kappa shape index (κ2) is 9.18. The number of carbonyl (C=O) groups excluding carboxylic acids is 1. The first-order valence-corrected chi connectivity index (χ1v) is 9.73. The summed E-state index contributed by atoms with van der Waals surface area (Å²) < 4.78 is 0. The first-order chi connectivity index (χ1) is 13.0. The Balaban J connectivity index is 2.02. The monoisotopic (exact) mass is 393 g/mol. The van der Waals surface area contributed by atoms with Crippen molar-refractivity contribution < 1.29 is 14.8 Å². The van der Waals surface area contributed by atoms with Crippen LogP contribution in [0.15, 0.2) is 12.3 Å². The molecule has 9 nitrogen and oxygen atoms in total. The van der Waals surface area contributed by atoms with Crippen LogP contribution in [0.25, 0.3) is 0 Å². The van der Waals surface area contributed by atoms with Gasteiger partial charge in [-0.2, -0.15) is 0 Å². The molecule has 0 aliphatic heterocycles. The van der Waals surface area contributed by atoms with E-state index in [-0.39, 0.29) is 36.1 Å². The highest BCUT2D eigenvalue weighted by Gasteiger charge is 2.28. The summed E-state index contributed by atoms with van der Waals surface area (Å²) in [4.78, 5) is 27.1. The van der Waals surface area contributed by atoms with Crippen LogP contribution in [0.2, 0.25) is 0 Å². The zero-order valence-corrected chi connectivity index (χ0v) is 17.0. The summed E-state index contributed by atoms with van der Waals surface area (Å²) in [5, 5.41) is 30.4. The predicted molar refractivity (Wildman–Crippen MR) is 108 cm³/mol. The van der Waals surface area contributed by atoms with Crippen molar-refractivity contribution in [1.29, 1.82) is 0 Å². The van der Waals surface area contributed by atoms with E-state index in [9.17, 15) is 20.0 Å². The van der Waals surface area contributed by atoms with Crippen molar-refractivity contribution in [3.05, 3.63) is 22.4 Å². The average molecular weight is 393 g/mol. The third-order valence-corrected chi connectivity index (χ3v) is 4.67. The van der Waals surface area contributed by atoms with E-state index in [0.29, 0.717) is 11.5 Å². The normalized spacial score (nSPS) is 19.9. The molecule has 0 radical (unpaired) electrons. The summed E-state index contributed by atoms with van der Waals surface area (Å²) >= 11 is 0. The molecule has 28 heavy (non-hydrogen) atoms. The van der Waals surface area contributed by atoms with Gasteiger partial charge in [-0.3, -0.25) is 14.9 Å². The minimum Gasteiger partial charge on any atom is -0.389 e. The molecular weight excluding hydrogens is 362 g/mol. The molecule has 0 unspecified atom stereocenters. The fraction of sp³-hybridized carbons (Fsp3) is 0.684. The largest absolute Gasteiger partial charge is 0.389 e. The Morgan fingerprint density at radius 3 is 2.54 bits per heavy atom. The molecule has 9 heteroatoms. The standard InChI is InChI=1S/C19H31N5O4/c1-12(2)22-18(25)13-5-7-14(8-6-13)23-15-9-17(21-11-19(3,4)26)20-10-16(15)24(27)28/h9-10,12-14,26H,5-8,11H2,1-4H3,(H,22,25)(H2,20,21,23). The van der Waals surface area contributed by atoms with Crippen molar-refractivity contribution >= 4 is 23.1 Å². The van der Waals surface area contributed by atoms with Gasteiger partial charge in [0.05, 0.1) is 10.5 Å². The van der Waals surface area contributed by atoms with Gasteiger partial charge in [-0.1, -0.05) is 0 Å². The summed E-state index contributed by atoms with van der Waals surface area (Å²) in [5.74, 6) is 0.540. The molecule has 1 aromatic rings. The maximum Gasteiger partial charge on any atom is 0.310 e. The van der Waals surface area contributed by atoms with Gasteiger partial charge in [-0.25, -0.2) is 4.98 Å². The Hall–Kier alpha value is -2.42. The Labute approximate surface area is 165 Å². The van der Waals surface area contributed by atoms with E-state index >= 15 is 0 Å². The number of hydrogen-bond acceptors (Lipinski definition) is 7. The van der Waals surface area contributed by atoms with Gasteiger partial charge in [0, 0.05) is 30.6 Å². The van der Waals surface area contributed by atoms with Gasteiger partial charge >= 0.3 is 5.69 Å². The fourth-order valence-corrected chi connectivity index (χ4v) is 3.24. The molecule has 2 rings (SSSR count). The minimum atomic E-state index is -0.925. The summed E-state index contributed by atoms with van der Waals surface area (Å²) in [6.45, 7) is 7.48. The Morgan fingerprint density at radius 1 is 1.36 bits per heavy atom. The second-order valence-electron chi connectivity index (χ2n) is 8.37. The smallest absolute Gasteiger partial charge is 0.310 e. The summed E-state index contributed by atoms with van der Waals surface area (Å²) in [5.41, 5.74) is -0.617. The van der Waals surface area contributed by atoms with Gasteiger partial charge in [0.1, 0.15) is 17.7 Å². The maximum absolute atomic E-state index is 12.2. The lowest BCUT2D eigenvalue weighted by Crippen LogP contribution is -2.38. The van der Waals surface area contributed by atoms with Gasteiger partial charge in [0.2, 0.25) is 5.91 Å². The van der Waals surface area contributed by atoms with Gasteiger partial charge < -0.3 is 21.1 Å². The van der Waals surface area contributed by atoms with Crippen LogP contribution in [0.3, 0.4) is 0 Å². The maximum atomic E-state index is 12.2. The summed E-state index contributed by atoms with van der Waals surface area (Å²) in [6.07, 6.45) is 4.25. The fourth-order valence-electron chi connectivity index (χ4n) is 3.24. The minimum absolute atomic E-state index is 0.00288. The highest BCUT2D eigenvalue weighted by Crippen LogP contribution is 2.31. The molecule has 1 aliphatic rings. The molecule has 1 heterocycles. The Kier molecular flexibility index (Phi) is 7.17. The van der Waals surface area contributed by atoms with Crippen molar-refractivity contribution in [2.24, 2.45) is 5.92 Å². The predicted octanol–water partition coefficient (Wildman–Crippen LogP) is 2.67. The molecule has 4 N–H and O–H groups in total. The van der Waals surface area contributed by atoms with Crippen LogP contribution in [0.4, 0.5) is 17.2 Å². The van der Waals surface area contributed by atoms with E-state index in [1.165, 1.54) is 6.20 Å². The van der Waals surface area contributed by atoms with Gasteiger partial charge in [-0.05, 0) is 53.4 Å². The molecule has 0 atom stereocenters. The number of hydrogen-bond donors (Lipinski definition) is 4. The molecule has 1 aromatic heterocycles. The Morgan fingerprint density at radius 2 is 2.00 bits per heavy atom. The van der Waals surface area contributed by atoms with Crippen LogP contribution in [0.1, 0.15) is 53.4 Å². The van der Waals surface area contributed by atoms with Crippen molar-refractivity contribution in [2.45, 2.75) is 71.1 Å². The van der Waals surface area contributed by atoms with Crippen LogP contribution in [0.5, 0.6) is 0 Å². The van der Waals surface area contributed by atoms with Crippen molar-refractivity contribution in [3.63, 3.8) is 0 Å². The molecule has 0 saturated heterocycles. The number of aromatic nitrogens is 1. The van der Waals surface area contributed by atoms with E-state index in [1.54, 1.807) is 19.9 Å². The van der Waals surface area contributed by atoms with Crippen LogP contribution < -0.4 is 16.0 Å². The second-order valence-corrected chi connectivity index (χ2v) is 8.37. The van der Waals surface area contributed by atoms with Crippen LogP contribution in [0, 0.1) is 16.0 Å². The number of aliphatic hydroxyl groups is 1. The van der Waals surface area contributed by atoms with Crippen molar-refractivity contribution in [2.75, 3.05) is 17.2 Å².